The summed E-state index contributed by atoms with van der Waals surface area (Å²) in [6.45, 7) is 3.54. The Labute approximate surface area is 105 Å². The third-order valence-corrected chi connectivity index (χ3v) is 3.56. The van der Waals surface area contributed by atoms with Crippen LogP contribution in [0.4, 0.5) is 0 Å². The molecule has 0 saturated heterocycles. The van der Waals surface area contributed by atoms with Crippen molar-refractivity contribution in [2.45, 2.75) is 20.3 Å². The molecule has 1 unspecified atom stereocenters. The first kappa shape index (κ1) is 17.5. The Hall–Kier alpha value is -0.480. The predicted octanol–water partition coefficient (Wildman–Crippen LogP) is 2.28. The maximum absolute atomic E-state index is 11.0. The molecule has 0 radical (unpaired) electrons. The second-order valence-corrected chi connectivity index (χ2v) is 6.26. The topological polar surface area (TPSA) is 113 Å². The van der Waals surface area contributed by atoms with Crippen molar-refractivity contribution >= 4 is 15.6 Å². The molecule has 1 atom stereocenters. The Morgan fingerprint density at radius 1 is 1.22 bits per heavy atom. The highest BCUT2D eigenvalue weighted by atomic mass is 31.3. The van der Waals surface area contributed by atoms with Gasteiger partial charge < -0.3 is 14.7 Å². The third-order valence-electron chi connectivity index (χ3n) is 1.41. The van der Waals surface area contributed by atoms with Crippen LogP contribution < -0.4 is 0 Å². The van der Waals surface area contributed by atoms with Crippen molar-refractivity contribution in [1.82, 2.24) is 0 Å². The number of phosphoric acid groups is 2. The van der Waals surface area contributed by atoms with Gasteiger partial charge in [0.15, 0.2) is 0 Å². The molecular weight excluding hydrogens is 282 g/mol. The van der Waals surface area contributed by atoms with E-state index in [1.165, 1.54) is 6.08 Å². The SMILES string of the molecule is CC(C)=CCC=C=CCOP(=O)(O)OP(=O)(O)O. The quantitative estimate of drug-likeness (QED) is 0.375. The summed E-state index contributed by atoms with van der Waals surface area (Å²) >= 11 is 0. The van der Waals surface area contributed by atoms with Gasteiger partial charge in [0.05, 0.1) is 6.61 Å². The molecule has 0 aliphatic rings. The molecule has 0 fully saturated rings. The molecule has 0 rings (SSSR count). The first-order valence-corrected chi connectivity index (χ1v) is 7.92. The minimum atomic E-state index is -5.05. The van der Waals surface area contributed by atoms with E-state index in [0.29, 0.717) is 6.42 Å². The molecule has 0 aromatic rings. The van der Waals surface area contributed by atoms with Crippen molar-refractivity contribution in [1.29, 1.82) is 0 Å². The fraction of sp³-hybridized carbons (Fsp3) is 0.444. The molecule has 7 nitrogen and oxygen atoms in total. The average molecular weight is 298 g/mol. The minimum Gasteiger partial charge on any atom is -0.302 e. The van der Waals surface area contributed by atoms with Gasteiger partial charge >= 0.3 is 15.6 Å². The molecule has 9 heteroatoms. The summed E-state index contributed by atoms with van der Waals surface area (Å²) in [5.74, 6) is 0. The second kappa shape index (κ2) is 7.85. The molecule has 0 aromatic heterocycles. The van der Waals surface area contributed by atoms with Crippen LogP contribution >= 0.6 is 15.6 Å². The van der Waals surface area contributed by atoms with Crippen LogP contribution in [0.2, 0.25) is 0 Å². The summed E-state index contributed by atoms with van der Waals surface area (Å²) in [5.41, 5.74) is 3.83. The lowest BCUT2D eigenvalue weighted by Crippen LogP contribution is -1.93. The van der Waals surface area contributed by atoms with Gasteiger partial charge in [-0.05, 0) is 32.4 Å². The van der Waals surface area contributed by atoms with Crippen molar-refractivity contribution in [2.24, 2.45) is 0 Å². The largest absolute Gasteiger partial charge is 0.481 e. The van der Waals surface area contributed by atoms with Gasteiger partial charge in [0.25, 0.3) is 0 Å². The molecule has 0 aliphatic carbocycles. The molecule has 0 aromatic carbocycles. The lowest BCUT2D eigenvalue weighted by molar-refractivity contribution is 0.191. The van der Waals surface area contributed by atoms with Crippen LogP contribution in [-0.2, 0) is 18.0 Å². The Bertz CT molecular complexity index is 438. The maximum atomic E-state index is 11.0. The van der Waals surface area contributed by atoms with E-state index in [1.54, 1.807) is 6.08 Å². The van der Waals surface area contributed by atoms with Crippen molar-refractivity contribution in [2.75, 3.05) is 6.61 Å². The molecule has 0 amide bonds. The molecule has 0 saturated carbocycles. The second-order valence-electron chi connectivity index (χ2n) is 3.43. The van der Waals surface area contributed by atoms with Crippen LogP contribution in [0.5, 0.6) is 0 Å². The van der Waals surface area contributed by atoms with Crippen molar-refractivity contribution in [3.8, 4) is 0 Å². The van der Waals surface area contributed by atoms with Gasteiger partial charge in [0, 0.05) is 0 Å². The molecule has 104 valence electrons. The van der Waals surface area contributed by atoms with Crippen LogP contribution in [0.3, 0.4) is 0 Å². The van der Waals surface area contributed by atoms with Gasteiger partial charge in [-0.2, -0.15) is 4.31 Å². The standard InChI is InChI=1S/C9H16O7P2/c1-9(2)7-5-3-4-6-8-15-18(13,14)16-17(10,11)12/h3,6-7H,5,8H2,1-2H3,(H,13,14)(H2,10,11,12). The molecule has 0 bridgehead atoms. The van der Waals surface area contributed by atoms with E-state index in [4.69, 9.17) is 14.7 Å². The first-order valence-electron chi connectivity index (χ1n) is 4.89. The summed E-state index contributed by atoms with van der Waals surface area (Å²) in [6, 6.07) is 0. The zero-order chi connectivity index (χ0) is 14.2. The van der Waals surface area contributed by atoms with Crippen LogP contribution in [0.1, 0.15) is 20.3 Å². The summed E-state index contributed by atoms with van der Waals surface area (Å²) in [7, 11) is -9.80. The summed E-state index contributed by atoms with van der Waals surface area (Å²) in [5, 5.41) is 0. The van der Waals surface area contributed by atoms with Crippen LogP contribution in [-0.4, -0.2) is 21.3 Å². The van der Waals surface area contributed by atoms with E-state index in [2.05, 4.69) is 14.6 Å². The summed E-state index contributed by atoms with van der Waals surface area (Å²) < 4.78 is 29.1. The summed E-state index contributed by atoms with van der Waals surface area (Å²) in [6.07, 6.45) is 5.58. The van der Waals surface area contributed by atoms with Gasteiger partial charge in [-0.15, -0.1) is 5.73 Å². The Kier molecular flexibility index (Phi) is 7.64. The van der Waals surface area contributed by atoms with Crippen molar-refractivity contribution < 1.29 is 32.6 Å². The summed E-state index contributed by atoms with van der Waals surface area (Å²) in [4.78, 5) is 25.5. The van der Waals surface area contributed by atoms with Gasteiger partial charge in [-0.3, -0.25) is 4.52 Å². The molecule has 3 N–H and O–H groups in total. The highest BCUT2D eigenvalue weighted by molar-refractivity contribution is 7.60. The first-order chi connectivity index (χ1) is 8.12. The van der Waals surface area contributed by atoms with Crippen LogP contribution in [0.15, 0.2) is 29.5 Å². The average Bonchev–Trinajstić information content (AvgIpc) is 2.11. The fourth-order valence-electron chi connectivity index (χ4n) is 0.784. The lowest BCUT2D eigenvalue weighted by atomic mass is 10.3. The van der Waals surface area contributed by atoms with Gasteiger partial charge in [-0.1, -0.05) is 11.6 Å². The Balaban J connectivity index is 4.11. The Morgan fingerprint density at radius 2 is 1.83 bits per heavy atom. The number of hydrogen-bond donors (Lipinski definition) is 3. The highest BCUT2D eigenvalue weighted by Gasteiger charge is 2.31. The molecule has 18 heavy (non-hydrogen) atoms. The van der Waals surface area contributed by atoms with Gasteiger partial charge in [0.1, 0.15) is 0 Å². The van der Waals surface area contributed by atoms with Crippen molar-refractivity contribution in [3.05, 3.63) is 29.5 Å². The molecule has 0 spiro atoms. The highest BCUT2D eigenvalue weighted by Crippen LogP contribution is 2.57. The van der Waals surface area contributed by atoms with E-state index in [0.717, 1.165) is 5.57 Å². The minimum absolute atomic E-state index is 0.348. The van der Waals surface area contributed by atoms with E-state index < -0.39 is 15.6 Å². The van der Waals surface area contributed by atoms with E-state index >= 15 is 0 Å². The molecule has 0 aliphatic heterocycles. The third kappa shape index (κ3) is 12.0. The zero-order valence-electron chi connectivity index (χ0n) is 10.0. The van der Waals surface area contributed by atoms with Crippen LogP contribution in [0, 0.1) is 0 Å². The molecular formula is C9H16O7P2. The van der Waals surface area contributed by atoms with Crippen LogP contribution in [0.25, 0.3) is 0 Å². The number of rotatable bonds is 7. The van der Waals surface area contributed by atoms with Crippen molar-refractivity contribution in [3.63, 3.8) is 0 Å². The van der Waals surface area contributed by atoms with Gasteiger partial charge in [-0.25, -0.2) is 9.13 Å². The Morgan fingerprint density at radius 3 is 2.33 bits per heavy atom. The molecule has 0 heterocycles. The maximum Gasteiger partial charge on any atom is 0.481 e. The fourth-order valence-corrected chi connectivity index (χ4v) is 2.31. The number of allylic oxidation sites excluding steroid dienone is 2. The van der Waals surface area contributed by atoms with Gasteiger partial charge in [0.2, 0.25) is 0 Å². The number of phosphoric ester groups is 1. The van der Waals surface area contributed by atoms with E-state index in [9.17, 15) is 9.13 Å². The number of hydrogen-bond acceptors (Lipinski definition) is 4. The lowest BCUT2D eigenvalue weighted by Gasteiger charge is -2.10. The monoisotopic (exact) mass is 298 g/mol. The van der Waals surface area contributed by atoms with E-state index in [-0.39, 0.29) is 6.61 Å². The zero-order valence-corrected chi connectivity index (χ0v) is 11.8. The van der Waals surface area contributed by atoms with E-state index in [1.807, 2.05) is 19.9 Å². The normalized spacial score (nSPS) is 14.3. The smallest absolute Gasteiger partial charge is 0.302 e. The predicted molar refractivity (Wildman–Crippen MR) is 65.6 cm³/mol.